The molecule has 0 bridgehead atoms. The zero-order valence-electron chi connectivity index (χ0n) is 21.1. The van der Waals surface area contributed by atoms with E-state index in [1.165, 1.54) is 27.7 Å². The Morgan fingerprint density at radius 1 is 0.824 bits per heavy atom. The predicted octanol–water partition coefficient (Wildman–Crippen LogP) is 2.55. The van der Waals surface area contributed by atoms with E-state index in [2.05, 4.69) is 20.8 Å². The highest BCUT2D eigenvalue weighted by molar-refractivity contribution is 5.68. The topological polar surface area (TPSA) is 124 Å². The third-order valence-corrected chi connectivity index (χ3v) is 6.22. The van der Waals surface area contributed by atoms with Crippen LogP contribution in [0.15, 0.2) is 0 Å². The van der Waals surface area contributed by atoms with Crippen molar-refractivity contribution < 1.29 is 47.6 Å². The molecule has 0 unspecified atom stereocenters. The van der Waals surface area contributed by atoms with Gasteiger partial charge in [-0.2, -0.15) is 0 Å². The van der Waals surface area contributed by atoms with Gasteiger partial charge >= 0.3 is 23.9 Å². The van der Waals surface area contributed by atoms with Gasteiger partial charge in [-0.3, -0.25) is 19.2 Å². The maximum absolute atomic E-state index is 12.0. The molecule has 0 aromatic heterocycles. The van der Waals surface area contributed by atoms with Crippen LogP contribution in [0, 0.1) is 17.8 Å². The highest BCUT2D eigenvalue weighted by atomic mass is 16.7. The minimum absolute atomic E-state index is 0.190. The largest absolute Gasteiger partial charge is 0.463 e. The molecule has 2 rings (SSSR count). The number of carbonyl (C=O) groups excluding carboxylic acids is 4. The third kappa shape index (κ3) is 7.94. The number of ether oxygens (including phenoxy) is 6. The maximum atomic E-state index is 12.0. The molecule has 0 N–H and O–H groups in total. The van der Waals surface area contributed by atoms with E-state index in [4.69, 9.17) is 28.4 Å². The lowest BCUT2D eigenvalue weighted by molar-refractivity contribution is -0.323. The van der Waals surface area contributed by atoms with Crippen molar-refractivity contribution in [1.29, 1.82) is 0 Å². The number of hydrogen-bond donors (Lipinski definition) is 0. The van der Waals surface area contributed by atoms with E-state index >= 15 is 0 Å². The Morgan fingerprint density at radius 3 is 1.91 bits per heavy atom. The second-order valence-corrected chi connectivity index (χ2v) is 9.57. The summed E-state index contributed by atoms with van der Waals surface area (Å²) in [6.45, 7) is 11.0. The summed E-state index contributed by atoms with van der Waals surface area (Å²) < 4.78 is 34.0. The molecule has 10 heteroatoms. The third-order valence-electron chi connectivity index (χ3n) is 6.22. The van der Waals surface area contributed by atoms with Crippen LogP contribution >= 0.6 is 0 Å². The molecule has 2 aliphatic rings. The fourth-order valence-corrected chi connectivity index (χ4v) is 4.74. The van der Waals surface area contributed by atoms with Gasteiger partial charge in [0.05, 0.1) is 6.10 Å². The van der Waals surface area contributed by atoms with Gasteiger partial charge in [-0.05, 0) is 30.6 Å². The van der Waals surface area contributed by atoms with Crippen molar-refractivity contribution in [2.45, 2.75) is 105 Å². The molecular formula is C24H38O10. The molecule has 2 fully saturated rings. The van der Waals surface area contributed by atoms with Crippen molar-refractivity contribution in [2.75, 3.05) is 6.61 Å². The van der Waals surface area contributed by atoms with E-state index in [0.29, 0.717) is 11.8 Å². The lowest BCUT2D eigenvalue weighted by Gasteiger charge is -2.46. The zero-order chi connectivity index (χ0) is 25.6. The maximum Gasteiger partial charge on any atom is 0.303 e. The highest BCUT2D eigenvalue weighted by Crippen LogP contribution is 2.38. The van der Waals surface area contributed by atoms with Crippen LogP contribution in [-0.2, 0) is 47.6 Å². The SMILES string of the molecule is CC(=O)OC[C@H]1O[C@@H](O[C@H]2C[C@@H](C)CC[C@@H]2C(C)C)[C@H](OC(C)=O)[C@@H](OC(C)=O)[C@@H]1OC(C)=O. The minimum Gasteiger partial charge on any atom is -0.463 e. The first kappa shape index (κ1) is 28.0. The van der Waals surface area contributed by atoms with Gasteiger partial charge in [-0.1, -0.05) is 27.2 Å². The fraction of sp³-hybridized carbons (Fsp3) is 0.833. The Labute approximate surface area is 200 Å². The highest BCUT2D eigenvalue weighted by Gasteiger charge is 2.53. The average Bonchev–Trinajstić information content (AvgIpc) is 2.69. The van der Waals surface area contributed by atoms with E-state index in [1.807, 2.05) is 0 Å². The van der Waals surface area contributed by atoms with Gasteiger partial charge in [-0.25, -0.2) is 0 Å². The zero-order valence-corrected chi connectivity index (χ0v) is 21.1. The van der Waals surface area contributed by atoms with Gasteiger partial charge in [0.25, 0.3) is 0 Å². The molecule has 1 aliphatic carbocycles. The van der Waals surface area contributed by atoms with E-state index in [-0.39, 0.29) is 18.6 Å². The molecule has 0 aromatic rings. The predicted molar refractivity (Wildman–Crippen MR) is 118 cm³/mol. The van der Waals surface area contributed by atoms with E-state index in [1.54, 1.807) is 0 Å². The summed E-state index contributed by atoms with van der Waals surface area (Å²) >= 11 is 0. The second kappa shape index (κ2) is 12.5. The van der Waals surface area contributed by atoms with E-state index in [9.17, 15) is 19.2 Å². The first-order valence-electron chi connectivity index (χ1n) is 11.8. The van der Waals surface area contributed by atoms with Crippen LogP contribution in [0.3, 0.4) is 0 Å². The van der Waals surface area contributed by atoms with Crippen molar-refractivity contribution >= 4 is 23.9 Å². The fourth-order valence-electron chi connectivity index (χ4n) is 4.74. The molecule has 0 amide bonds. The standard InChI is InChI=1S/C24H38O10/c1-12(2)18-9-8-13(3)10-19(18)33-24-23(32-17(7)28)22(31-16(6)27)21(30-15(5)26)20(34-24)11-29-14(4)25/h12-13,18-24H,8-11H2,1-7H3/t13-,18+,19-,20+,21+,22-,23+,24+/m0/s1. The van der Waals surface area contributed by atoms with Crippen LogP contribution in [0.5, 0.6) is 0 Å². The van der Waals surface area contributed by atoms with Crippen molar-refractivity contribution in [3.63, 3.8) is 0 Å². The van der Waals surface area contributed by atoms with Crippen molar-refractivity contribution in [1.82, 2.24) is 0 Å². The second-order valence-electron chi connectivity index (χ2n) is 9.57. The van der Waals surface area contributed by atoms with Crippen LogP contribution in [-0.4, -0.2) is 67.3 Å². The van der Waals surface area contributed by atoms with Crippen molar-refractivity contribution in [3.05, 3.63) is 0 Å². The number of rotatable bonds is 8. The molecule has 1 saturated heterocycles. The molecule has 0 aromatic carbocycles. The Kier molecular flexibility index (Phi) is 10.3. The Balaban J connectivity index is 2.43. The molecule has 0 radical (unpaired) electrons. The Bertz CT molecular complexity index is 735. The number of carbonyl (C=O) groups is 4. The average molecular weight is 487 g/mol. The normalized spacial score (nSPS) is 33.6. The van der Waals surface area contributed by atoms with Crippen LogP contribution in [0.2, 0.25) is 0 Å². The van der Waals surface area contributed by atoms with Gasteiger partial charge in [0, 0.05) is 27.7 Å². The molecule has 0 spiro atoms. The first-order valence-corrected chi connectivity index (χ1v) is 11.8. The van der Waals surface area contributed by atoms with E-state index in [0.717, 1.165) is 19.3 Å². The van der Waals surface area contributed by atoms with E-state index < -0.39 is 54.6 Å². The number of hydrogen-bond acceptors (Lipinski definition) is 10. The summed E-state index contributed by atoms with van der Waals surface area (Å²) in [5.74, 6) is -1.50. The summed E-state index contributed by atoms with van der Waals surface area (Å²) in [7, 11) is 0. The molecule has 8 atom stereocenters. The number of esters is 4. The van der Waals surface area contributed by atoms with Crippen LogP contribution < -0.4 is 0 Å². The molecule has 194 valence electrons. The van der Waals surface area contributed by atoms with Crippen LogP contribution in [0.25, 0.3) is 0 Å². The summed E-state index contributed by atoms with van der Waals surface area (Å²) in [6.07, 6.45) is -3.07. The van der Waals surface area contributed by atoms with Crippen molar-refractivity contribution in [3.8, 4) is 0 Å². The summed E-state index contributed by atoms with van der Waals surface area (Å²) in [5.41, 5.74) is 0. The van der Waals surface area contributed by atoms with Gasteiger partial charge in [0.15, 0.2) is 24.6 Å². The summed E-state index contributed by atoms with van der Waals surface area (Å²) in [5, 5.41) is 0. The molecule has 34 heavy (non-hydrogen) atoms. The molecule has 1 saturated carbocycles. The Hall–Kier alpha value is -2.20. The van der Waals surface area contributed by atoms with Gasteiger partial charge in [0.1, 0.15) is 12.7 Å². The molecule has 10 nitrogen and oxygen atoms in total. The molecule has 1 heterocycles. The van der Waals surface area contributed by atoms with Crippen LogP contribution in [0.4, 0.5) is 0 Å². The summed E-state index contributed by atoms with van der Waals surface area (Å²) in [6, 6.07) is 0. The quantitative estimate of drug-likeness (QED) is 0.373. The molecule has 1 aliphatic heterocycles. The van der Waals surface area contributed by atoms with Gasteiger partial charge in [-0.15, -0.1) is 0 Å². The van der Waals surface area contributed by atoms with Crippen LogP contribution in [0.1, 0.15) is 67.7 Å². The Morgan fingerprint density at radius 2 is 1.38 bits per heavy atom. The summed E-state index contributed by atoms with van der Waals surface area (Å²) in [4.78, 5) is 47.2. The molecular weight excluding hydrogens is 448 g/mol. The lowest BCUT2D eigenvalue weighted by Crippen LogP contribution is -2.63. The van der Waals surface area contributed by atoms with Gasteiger partial charge in [0.2, 0.25) is 0 Å². The smallest absolute Gasteiger partial charge is 0.303 e. The first-order chi connectivity index (χ1) is 15.9. The monoisotopic (exact) mass is 486 g/mol. The van der Waals surface area contributed by atoms with Crippen molar-refractivity contribution in [2.24, 2.45) is 17.8 Å². The lowest BCUT2D eigenvalue weighted by atomic mass is 9.75. The van der Waals surface area contributed by atoms with Gasteiger partial charge < -0.3 is 28.4 Å². The minimum atomic E-state index is -1.22.